The summed E-state index contributed by atoms with van der Waals surface area (Å²) in [4.78, 5) is 4.88. The van der Waals surface area contributed by atoms with Crippen LogP contribution in [0.15, 0.2) is 22.7 Å². The van der Waals surface area contributed by atoms with E-state index in [1.807, 2.05) is 0 Å². The van der Waals surface area contributed by atoms with Crippen LogP contribution in [-0.4, -0.2) is 43.7 Å². The van der Waals surface area contributed by atoms with E-state index in [2.05, 4.69) is 64.8 Å². The number of likely N-dealkylation sites (N-methyl/N-ethyl adjacent to an activating group) is 1. The highest BCUT2D eigenvalue weighted by molar-refractivity contribution is 9.10. The summed E-state index contributed by atoms with van der Waals surface area (Å²) in [5.74, 6) is 0. The third kappa shape index (κ3) is 3.30. The smallest absolute Gasteiger partial charge is 0.0393 e. The number of anilines is 1. The van der Waals surface area contributed by atoms with Crippen LogP contribution >= 0.6 is 15.9 Å². The van der Waals surface area contributed by atoms with Gasteiger partial charge in [-0.1, -0.05) is 22.0 Å². The molecule has 106 valence electrons. The van der Waals surface area contributed by atoms with E-state index >= 15 is 0 Å². The Kier molecular flexibility index (Phi) is 4.87. The van der Waals surface area contributed by atoms with Crippen molar-refractivity contribution in [3.05, 3.63) is 28.2 Å². The number of rotatable bonds is 2. The fourth-order valence-electron chi connectivity index (χ4n) is 2.63. The fraction of sp³-hybridized carbons (Fsp3) is 0.600. The minimum atomic E-state index is 0.428. The molecule has 2 atom stereocenters. The molecule has 0 spiro atoms. The van der Waals surface area contributed by atoms with Crippen LogP contribution in [0.1, 0.15) is 18.9 Å². The number of hydrogen-bond donors (Lipinski definition) is 1. The van der Waals surface area contributed by atoms with Gasteiger partial charge in [0.25, 0.3) is 0 Å². The molecule has 2 rings (SSSR count). The number of nitrogens with zero attached hydrogens (tertiary/aromatic N) is 2. The van der Waals surface area contributed by atoms with Crippen LogP contribution < -0.4 is 10.6 Å². The third-order valence-corrected chi connectivity index (χ3v) is 5.17. The largest absolute Gasteiger partial charge is 0.370 e. The summed E-state index contributed by atoms with van der Waals surface area (Å²) in [6, 6.07) is 7.63. The predicted molar refractivity (Wildman–Crippen MR) is 85.8 cm³/mol. The zero-order valence-electron chi connectivity index (χ0n) is 12.1. The lowest BCUT2D eigenvalue weighted by Gasteiger charge is -2.31. The molecule has 3 nitrogen and oxygen atoms in total. The van der Waals surface area contributed by atoms with E-state index in [9.17, 15) is 0 Å². The van der Waals surface area contributed by atoms with E-state index in [1.165, 1.54) is 22.1 Å². The number of aryl methyl sites for hydroxylation is 1. The Morgan fingerprint density at radius 1 is 1.42 bits per heavy atom. The topological polar surface area (TPSA) is 32.5 Å². The molecule has 1 aliphatic heterocycles. The molecule has 0 bridgehead atoms. The van der Waals surface area contributed by atoms with Crippen LogP contribution in [0.5, 0.6) is 0 Å². The number of nitrogens with two attached hydrogens (primary N) is 1. The third-order valence-electron chi connectivity index (χ3n) is 4.31. The zero-order valence-corrected chi connectivity index (χ0v) is 13.7. The molecule has 4 heteroatoms. The molecule has 0 aliphatic carbocycles. The number of hydrogen-bond acceptors (Lipinski definition) is 3. The fourth-order valence-corrected chi connectivity index (χ4v) is 3.00. The average molecular weight is 326 g/mol. The molecule has 0 radical (unpaired) electrons. The molecule has 1 aromatic carbocycles. The number of benzene rings is 1. The first-order valence-corrected chi connectivity index (χ1v) is 7.75. The van der Waals surface area contributed by atoms with Gasteiger partial charge in [0.1, 0.15) is 0 Å². The molecular formula is C15H24BrN3. The SMILES string of the molecule is Cc1ccc(N2CCC(C)N(C)C(CN)C2)cc1Br. The average Bonchev–Trinajstić information content (AvgIpc) is 2.54. The highest BCUT2D eigenvalue weighted by atomic mass is 79.9. The van der Waals surface area contributed by atoms with Gasteiger partial charge in [-0.2, -0.15) is 0 Å². The molecule has 1 aromatic rings. The van der Waals surface area contributed by atoms with Gasteiger partial charge in [-0.3, -0.25) is 4.90 Å². The van der Waals surface area contributed by atoms with Gasteiger partial charge in [-0.05, 0) is 45.0 Å². The van der Waals surface area contributed by atoms with Gasteiger partial charge < -0.3 is 10.6 Å². The first-order valence-electron chi connectivity index (χ1n) is 6.96. The maximum Gasteiger partial charge on any atom is 0.0393 e. The molecule has 2 N–H and O–H groups in total. The molecule has 1 fully saturated rings. The Morgan fingerprint density at radius 3 is 2.79 bits per heavy atom. The molecule has 1 heterocycles. The molecule has 0 amide bonds. The van der Waals surface area contributed by atoms with Crippen molar-refractivity contribution in [1.82, 2.24) is 4.90 Å². The van der Waals surface area contributed by atoms with E-state index in [1.54, 1.807) is 0 Å². The first kappa shape index (κ1) is 14.8. The van der Waals surface area contributed by atoms with Crippen molar-refractivity contribution in [1.29, 1.82) is 0 Å². The van der Waals surface area contributed by atoms with Crippen LogP contribution in [0.4, 0.5) is 5.69 Å². The molecule has 1 aliphatic rings. The van der Waals surface area contributed by atoms with Crippen molar-refractivity contribution < 1.29 is 0 Å². The van der Waals surface area contributed by atoms with Gasteiger partial charge >= 0.3 is 0 Å². The van der Waals surface area contributed by atoms with Crippen molar-refractivity contribution in [2.45, 2.75) is 32.4 Å². The molecule has 0 aromatic heterocycles. The molecule has 0 saturated carbocycles. The second kappa shape index (κ2) is 6.25. The summed E-state index contributed by atoms with van der Waals surface area (Å²) in [7, 11) is 2.19. The Hall–Kier alpha value is -0.580. The summed E-state index contributed by atoms with van der Waals surface area (Å²) in [5, 5.41) is 0. The van der Waals surface area contributed by atoms with Crippen molar-refractivity contribution in [3.63, 3.8) is 0 Å². The summed E-state index contributed by atoms with van der Waals surface area (Å²) in [6.07, 6.45) is 1.18. The molecule has 19 heavy (non-hydrogen) atoms. The second-order valence-electron chi connectivity index (χ2n) is 5.57. The Morgan fingerprint density at radius 2 is 2.16 bits per heavy atom. The van der Waals surface area contributed by atoms with Crippen molar-refractivity contribution in [3.8, 4) is 0 Å². The minimum Gasteiger partial charge on any atom is -0.370 e. The summed E-state index contributed by atoms with van der Waals surface area (Å²) in [5.41, 5.74) is 8.51. The second-order valence-corrected chi connectivity index (χ2v) is 6.43. The van der Waals surface area contributed by atoms with Gasteiger partial charge in [0.15, 0.2) is 0 Å². The quantitative estimate of drug-likeness (QED) is 0.907. The van der Waals surface area contributed by atoms with Crippen LogP contribution in [0.3, 0.4) is 0 Å². The van der Waals surface area contributed by atoms with Gasteiger partial charge in [0.2, 0.25) is 0 Å². The van der Waals surface area contributed by atoms with Gasteiger partial charge in [0.05, 0.1) is 0 Å². The summed E-state index contributed by atoms with van der Waals surface area (Å²) in [6.45, 7) is 7.22. The predicted octanol–water partition coefficient (Wildman–Crippen LogP) is 2.62. The Balaban J connectivity index is 2.21. The lowest BCUT2D eigenvalue weighted by Crippen LogP contribution is -2.46. The van der Waals surface area contributed by atoms with Crippen molar-refractivity contribution in [2.24, 2.45) is 5.73 Å². The maximum atomic E-state index is 5.94. The molecule has 1 saturated heterocycles. The molecular weight excluding hydrogens is 302 g/mol. The van der Waals surface area contributed by atoms with Crippen molar-refractivity contribution in [2.75, 3.05) is 31.6 Å². The lowest BCUT2D eigenvalue weighted by molar-refractivity contribution is 0.201. The zero-order chi connectivity index (χ0) is 14.0. The summed E-state index contributed by atoms with van der Waals surface area (Å²) < 4.78 is 1.18. The van der Waals surface area contributed by atoms with Gasteiger partial charge in [-0.25, -0.2) is 0 Å². The van der Waals surface area contributed by atoms with Crippen LogP contribution in [-0.2, 0) is 0 Å². The maximum absolute atomic E-state index is 5.94. The minimum absolute atomic E-state index is 0.428. The summed E-state index contributed by atoms with van der Waals surface area (Å²) >= 11 is 3.63. The van der Waals surface area contributed by atoms with Crippen LogP contribution in [0.2, 0.25) is 0 Å². The van der Waals surface area contributed by atoms with Crippen molar-refractivity contribution >= 4 is 21.6 Å². The van der Waals surface area contributed by atoms with Crippen LogP contribution in [0.25, 0.3) is 0 Å². The van der Waals surface area contributed by atoms with Gasteiger partial charge in [0, 0.05) is 41.9 Å². The monoisotopic (exact) mass is 325 g/mol. The lowest BCUT2D eigenvalue weighted by atomic mass is 10.2. The van der Waals surface area contributed by atoms with Gasteiger partial charge in [-0.15, -0.1) is 0 Å². The van der Waals surface area contributed by atoms with Crippen LogP contribution in [0, 0.1) is 6.92 Å². The van der Waals surface area contributed by atoms with E-state index in [4.69, 9.17) is 5.73 Å². The number of halogens is 1. The van der Waals surface area contributed by atoms with E-state index in [-0.39, 0.29) is 0 Å². The first-order chi connectivity index (χ1) is 9.02. The van der Waals surface area contributed by atoms with E-state index < -0.39 is 0 Å². The Labute approximate surface area is 124 Å². The highest BCUT2D eigenvalue weighted by Crippen LogP contribution is 2.26. The normalized spacial score (nSPS) is 25.4. The Bertz CT molecular complexity index is 435. The standard InChI is InChI=1S/C15H24BrN3/c1-11-4-5-13(8-15(11)16)19-7-6-12(2)18(3)14(9-17)10-19/h4-5,8,12,14H,6-7,9-10,17H2,1-3H3. The molecule has 2 unspecified atom stereocenters. The van der Waals surface area contributed by atoms with E-state index in [0.29, 0.717) is 18.6 Å². The van der Waals surface area contributed by atoms with E-state index in [0.717, 1.165) is 13.1 Å². The highest BCUT2D eigenvalue weighted by Gasteiger charge is 2.25.